The van der Waals surface area contributed by atoms with E-state index in [1.165, 1.54) is 0 Å². The number of para-hydroxylation sites is 1. The highest BCUT2D eigenvalue weighted by atomic mass is 16.3. The Morgan fingerprint density at radius 1 is 1.13 bits per heavy atom. The van der Waals surface area contributed by atoms with Crippen LogP contribution < -0.4 is 0 Å². The lowest BCUT2D eigenvalue weighted by Gasteiger charge is -2.14. The molecule has 0 aliphatic rings. The third kappa shape index (κ3) is 3.64. The van der Waals surface area contributed by atoms with E-state index in [2.05, 4.69) is 9.88 Å². The Bertz CT molecular complexity index is 740. The molecule has 0 atom stereocenters. The van der Waals surface area contributed by atoms with Crippen LogP contribution in [0.5, 0.6) is 0 Å². The van der Waals surface area contributed by atoms with E-state index in [-0.39, 0.29) is 6.61 Å². The molecule has 23 heavy (non-hydrogen) atoms. The van der Waals surface area contributed by atoms with Crippen molar-refractivity contribution in [2.45, 2.75) is 6.54 Å². The zero-order valence-electron chi connectivity index (χ0n) is 13.1. The van der Waals surface area contributed by atoms with Gasteiger partial charge in [-0.05, 0) is 31.3 Å². The number of rotatable bonds is 6. The number of aromatic nitrogens is 3. The summed E-state index contributed by atoms with van der Waals surface area (Å²) in [6.45, 7) is 1.49. The Morgan fingerprint density at radius 3 is 2.65 bits per heavy atom. The molecule has 2 heterocycles. The molecule has 3 aromatic rings. The molecule has 0 saturated heterocycles. The Labute approximate surface area is 135 Å². The number of nitrogens with zero attached hydrogens (tertiary/aromatic N) is 4. The molecule has 5 nitrogen and oxygen atoms in total. The number of benzene rings is 1. The Kier molecular flexibility index (Phi) is 4.80. The molecule has 1 N–H and O–H groups in total. The molecule has 0 aliphatic heterocycles. The van der Waals surface area contributed by atoms with Gasteiger partial charge in [-0.3, -0.25) is 9.88 Å². The zero-order valence-corrected chi connectivity index (χ0v) is 13.1. The van der Waals surface area contributed by atoms with Crippen molar-refractivity contribution in [1.82, 2.24) is 19.7 Å². The van der Waals surface area contributed by atoms with Crippen molar-refractivity contribution in [3.05, 3.63) is 66.6 Å². The average molecular weight is 308 g/mol. The summed E-state index contributed by atoms with van der Waals surface area (Å²) >= 11 is 0. The summed E-state index contributed by atoms with van der Waals surface area (Å²) < 4.78 is 1.89. The molecular formula is C18H20N4O. The van der Waals surface area contributed by atoms with Crippen LogP contribution in [0.15, 0.2) is 61.1 Å². The molecule has 0 amide bonds. The molecule has 0 fully saturated rings. The number of likely N-dealkylation sites (N-methyl/N-ethyl adjacent to an activating group) is 1. The van der Waals surface area contributed by atoms with Gasteiger partial charge >= 0.3 is 0 Å². The van der Waals surface area contributed by atoms with Gasteiger partial charge in [-0.2, -0.15) is 5.10 Å². The molecular weight excluding hydrogens is 288 g/mol. The third-order valence-electron chi connectivity index (χ3n) is 3.67. The van der Waals surface area contributed by atoms with Crippen molar-refractivity contribution >= 4 is 0 Å². The van der Waals surface area contributed by atoms with E-state index < -0.39 is 0 Å². The van der Waals surface area contributed by atoms with E-state index in [0.717, 1.165) is 29.1 Å². The molecule has 1 aromatic carbocycles. The topological polar surface area (TPSA) is 54.2 Å². The van der Waals surface area contributed by atoms with Crippen LogP contribution in [0.25, 0.3) is 16.9 Å². The zero-order chi connectivity index (χ0) is 16.1. The largest absolute Gasteiger partial charge is 0.395 e. The maximum atomic E-state index is 9.11. The van der Waals surface area contributed by atoms with Crippen molar-refractivity contribution in [2.75, 3.05) is 20.2 Å². The number of aliphatic hydroxyl groups is 1. The summed E-state index contributed by atoms with van der Waals surface area (Å²) in [5.41, 5.74) is 4.05. The minimum atomic E-state index is 0.144. The highest BCUT2D eigenvalue weighted by molar-refractivity contribution is 5.62. The van der Waals surface area contributed by atoms with E-state index in [1.807, 2.05) is 66.6 Å². The molecule has 5 heteroatoms. The van der Waals surface area contributed by atoms with Crippen molar-refractivity contribution in [1.29, 1.82) is 0 Å². The Balaban J connectivity index is 2.00. The van der Waals surface area contributed by atoms with E-state index in [9.17, 15) is 0 Å². The fourth-order valence-corrected chi connectivity index (χ4v) is 2.52. The Morgan fingerprint density at radius 2 is 1.96 bits per heavy atom. The van der Waals surface area contributed by atoms with Crippen LogP contribution in [0.1, 0.15) is 5.56 Å². The monoisotopic (exact) mass is 308 g/mol. The summed E-state index contributed by atoms with van der Waals surface area (Å²) in [5.74, 6) is 0. The first-order valence-electron chi connectivity index (χ1n) is 7.61. The van der Waals surface area contributed by atoms with Crippen molar-refractivity contribution in [3.63, 3.8) is 0 Å². The maximum absolute atomic E-state index is 9.11. The second kappa shape index (κ2) is 7.17. The quantitative estimate of drug-likeness (QED) is 0.759. The summed E-state index contributed by atoms with van der Waals surface area (Å²) in [6.07, 6.45) is 5.63. The number of hydrogen-bond acceptors (Lipinski definition) is 4. The lowest BCUT2D eigenvalue weighted by molar-refractivity contribution is 0.217. The maximum Gasteiger partial charge on any atom is 0.0988 e. The second-order valence-electron chi connectivity index (χ2n) is 5.49. The standard InChI is InChI=1S/C18H20N4O/c1-21(10-11-23)13-16-14-22(17-7-3-2-4-8-17)20-18(16)15-6-5-9-19-12-15/h2-9,12,14,23H,10-11,13H2,1H3. The fraction of sp³-hybridized carbons (Fsp3) is 0.222. The summed E-state index contributed by atoms with van der Waals surface area (Å²) in [6, 6.07) is 14.0. The SMILES string of the molecule is CN(CCO)Cc1cn(-c2ccccc2)nc1-c1cccnc1. The van der Waals surface area contributed by atoms with Crippen molar-refractivity contribution in [3.8, 4) is 16.9 Å². The first kappa shape index (κ1) is 15.4. The normalized spacial score (nSPS) is 11.1. The first-order valence-corrected chi connectivity index (χ1v) is 7.61. The highest BCUT2D eigenvalue weighted by Crippen LogP contribution is 2.24. The predicted octanol–water partition coefficient (Wildman–Crippen LogP) is 2.36. The number of pyridine rings is 1. The van der Waals surface area contributed by atoms with Gasteiger partial charge in [0.1, 0.15) is 0 Å². The van der Waals surface area contributed by atoms with Crippen molar-refractivity contribution < 1.29 is 5.11 Å². The van der Waals surface area contributed by atoms with Crippen LogP contribution in [-0.4, -0.2) is 45.0 Å². The second-order valence-corrected chi connectivity index (χ2v) is 5.49. The third-order valence-corrected chi connectivity index (χ3v) is 3.67. The summed E-state index contributed by atoms with van der Waals surface area (Å²) in [5, 5.41) is 13.9. The molecule has 0 radical (unpaired) electrons. The summed E-state index contributed by atoms with van der Waals surface area (Å²) in [4.78, 5) is 6.27. The van der Waals surface area contributed by atoms with Gasteiger partial charge in [0.05, 0.1) is 18.0 Å². The van der Waals surface area contributed by atoms with Crippen LogP contribution in [0.4, 0.5) is 0 Å². The summed E-state index contributed by atoms with van der Waals surface area (Å²) in [7, 11) is 1.99. The lowest BCUT2D eigenvalue weighted by atomic mass is 10.1. The molecule has 0 saturated carbocycles. The van der Waals surface area contributed by atoms with Crippen LogP contribution in [-0.2, 0) is 6.54 Å². The van der Waals surface area contributed by atoms with E-state index in [0.29, 0.717) is 6.54 Å². The van der Waals surface area contributed by atoms with Crippen LogP contribution in [0, 0.1) is 0 Å². The lowest BCUT2D eigenvalue weighted by Crippen LogP contribution is -2.21. The smallest absolute Gasteiger partial charge is 0.0988 e. The Hall–Kier alpha value is -2.50. The minimum absolute atomic E-state index is 0.144. The number of aliphatic hydroxyl groups excluding tert-OH is 1. The fourth-order valence-electron chi connectivity index (χ4n) is 2.52. The van der Waals surface area contributed by atoms with Gasteiger partial charge in [-0.15, -0.1) is 0 Å². The molecule has 0 aliphatic carbocycles. The van der Waals surface area contributed by atoms with Crippen LogP contribution in [0.3, 0.4) is 0 Å². The molecule has 3 rings (SSSR count). The van der Waals surface area contributed by atoms with Gasteiger partial charge in [0.15, 0.2) is 0 Å². The molecule has 0 unspecified atom stereocenters. The van der Waals surface area contributed by atoms with Gasteiger partial charge in [0.2, 0.25) is 0 Å². The molecule has 0 bridgehead atoms. The van der Waals surface area contributed by atoms with Crippen LogP contribution >= 0.6 is 0 Å². The van der Waals surface area contributed by atoms with Gasteiger partial charge in [-0.25, -0.2) is 4.68 Å². The van der Waals surface area contributed by atoms with Crippen LogP contribution in [0.2, 0.25) is 0 Å². The highest BCUT2D eigenvalue weighted by Gasteiger charge is 2.14. The molecule has 118 valence electrons. The van der Waals surface area contributed by atoms with E-state index >= 15 is 0 Å². The molecule has 0 spiro atoms. The molecule has 2 aromatic heterocycles. The van der Waals surface area contributed by atoms with Gasteiger partial charge in [0.25, 0.3) is 0 Å². The van der Waals surface area contributed by atoms with Gasteiger partial charge in [-0.1, -0.05) is 18.2 Å². The first-order chi connectivity index (χ1) is 11.3. The van der Waals surface area contributed by atoms with E-state index in [4.69, 9.17) is 10.2 Å². The predicted molar refractivity (Wildman–Crippen MR) is 90.2 cm³/mol. The average Bonchev–Trinajstić information content (AvgIpc) is 3.00. The minimum Gasteiger partial charge on any atom is -0.395 e. The van der Waals surface area contributed by atoms with Gasteiger partial charge in [0, 0.05) is 42.8 Å². The van der Waals surface area contributed by atoms with Gasteiger partial charge < -0.3 is 5.11 Å². The van der Waals surface area contributed by atoms with Crippen molar-refractivity contribution in [2.24, 2.45) is 0 Å². The number of hydrogen-bond donors (Lipinski definition) is 1. The van der Waals surface area contributed by atoms with E-state index in [1.54, 1.807) is 6.20 Å².